The van der Waals surface area contributed by atoms with Crippen molar-refractivity contribution < 1.29 is 22.7 Å². The molecule has 0 aliphatic rings. The molecule has 0 N–H and O–H groups in total. The third-order valence-corrected chi connectivity index (χ3v) is 4.56. The number of hydrogen-bond donors (Lipinski definition) is 0. The standard InChI is InChI=1S/C15H14O5S/c1-11(16)20-12-7-9-13(10-8-12)21(17,18)15-6-4-3-5-14(15)19-2/h3-10H,1-2H3. The molecule has 21 heavy (non-hydrogen) atoms. The second-order valence-electron chi connectivity index (χ2n) is 4.22. The van der Waals surface area contributed by atoms with E-state index in [2.05, 4.69) is 0 Å². The molecule has 0 unspecified atom stereocenters. The Kier molecular flexibility index (Phi) is 4.28. The molecule has 0 bridgehead atoms. The van der Waals surface area contributed by atoms with Gasteiger partial charge in [0, 0.05) is 6.92 Å². The summed E-state index contributed by atoms with van der Waals surface area (Å²) >= 11 is 0. The molecule has 0 saturated heterocycles. The Labute approximate surface area is 123 Å². The van der Waals surface area contributed by atoms with Crippen molar-refractivity contribution in [1.29, 1.82) is 0 Å². The van der Waals surface area contributed by atoms with Crippen LogP contribution in [-0.2, 0) is 14.6 Å². The highest BCUT2D eigenvalue weighted by Gasteiger charge is 2.21. The van der Waals surface area contributed by atoms with Crippen molar-refractivity contribution in [3.8, 4) is 11.5 Å². The van der Waals surface area contributed by atoms with Crippen LogP contribution < -0.4 is 9.47 Å². The maximum absolute atomic E-state index is 12.6. The fraction of sp³-hybridized carbons (Fsp3) is 0.133. The van der Waals surface area contributed by atoms with Crippen molar-refractivity contribution in [2.45, 2.75) is 16.7 Å². The molecule has 0 aliphatic heterocycles. The first-order chi connectivity index (χ1) is 9.95. The van der Waals surface area contributed by atoms with Crippen LogP contribution in [0, 0.1) is 0 Å². The Morgan fingerprint density at radius 2 is 1.62 bits per heavy atom. The van der Waals surface area contributed by atoms with Gasteiger partial charge in [0.25, 0.3) is 0 Å². The summed E-state index contributed by atoms with van der Waals surface area (Å²) in [6.07, 6.45) is 0. The van der Waals surface area contributed by atoms with Crippen molar-refractivity contribution in [3.63, 3.8) is 0 Å². The molecule has 6 heteroatoms. The van der Waals surface area contributed by atoms with Gasteiger partial charge >= 0.3 is 5.97 Å². The number of sulfone groups is 1. The molecule has 0 aromatic heterocycles. The quantitative estimate of drug-likeness (QED) is 0.641. The minimum Gasteiger partial charge on any atom is -0.495 e. The van der Waals surface area contributed by atoms with Crippen molar-refractivity contribution >= 4 is 15.8 Å². The first-order valence-electron chi connectivity index (χ1n) is 6.12. The second-order valence-corrected chi connectivity index (χ2v) is 6.14. The highest BCUT2D eigenvalue weighted by atomic mass is 32.2. The maximum Gasteiger partial charge on any atom is 0.308 e. The summed E-state index contributed by atoms with van der Waals surface area (Å²) in [5.74, 6) is 0.110. The summed E-state index contributed by atoms with van der Waals surface area (Å²) in [6, 6.07) is 12.0. The van der Waals surface area contributed by atoms with Crippen LogP contribution in [-0.4, -0.2) is 21.5 Å². The van der Waals surface area contributed by atoms with Crippen molar-refractivity contribution in [2.75, 3.05) is 7.11 Å². The predicted octanol–water partition coefficient (Wildman–Crippen LogP) is 2.45. The number of carbonyl (C=O) groups excluding carboxylic acids is 1. The molecule has 0 amide bonds. The Morgan fingerprint density at radius 1 is 1.00 bits per heavy atom. The van der Waals surface area contributed by atoms with Crippen molar-refractivity contribution in [1.82, 2.24) is 0 Å². The normalized spacial score (nSPS) is 11.0. The average Bonchev–Trinajstić information content (AvgIpc) is 2.47. The lowest BCUT2D eigenvalue weighted by Crippen LogP contribution is -2.05. The Morgan fingerprint density at radius 3 is 2.19 bits per heavy atom. The van der Waals surface area contributed by atoms with E-state index >= 15 is 0 Å². The molecule has 2 aromatic carbocycles. The fourth-order valence-electron chi connectivity index (χ4n) is 1.82. The van der Waals surface area contributed by atoms with Crippen molar-refractivity contribution in [2.24, 2.45) is 0 Å². The molecule has 2 rings (SSSR count). The van der Waals surface area contributed by atoms with Gasteiger partial charge in [0.2, 0.25) is 9.84 Å². The van der Waals surface area contributed by atoms with Gasteiger partial charge in [0.1, 0.15) is 16.4 Å². The molecular formula is C15H14O5S. The largest absolute Gasteiger partial charge is 0.495 e. The monoisotopic (exact) mass is 306 g/mol. The SMILES string of the molecule is COc1ccccc1S(=O)(=O)c1ccc(OC(C)=O)cc1. The minimum absolute atomic E-state index is 0.0905. The van der Waals surface area contributed by atoms with Crippen LogP contribution in [0.1, 0.15) is 6.92 Å². The van der Waals surface area contributed by atoms with E-state index in [0.717, 1.165) is 0 Å². The molecule has 2 aromatic rings. The smallest absolute Gasteiger partial charge is 0.308 e. The number of ether oxygens (including phenoxy) is 2. The number of para-hydroxylation sites is 1. The molecule has 110 valence electrons. The van der Waals surface area contributed by atoms with Gasteiger partial charge in [-0.25, -0.2) is 8.42 Å². The van der Waals surface area contributed by atoms with Crippen LogP contribution in [0.25, 0.3) is 0 Å². The van der Waals surface area contributed by atoms with Gasteiger partial charge in [-0.15, -0.1) is 0 Å². The van der Waals surface area contributed by atoms with E-state index in [1.807, 2.05) is 0 Å². The van der Waals surface area contributed by atoms with E-state index < -0.39 is 15.8 Å². The Bertz CT molecular complexity index is 748. The lowest BCUT2D eigenvalue weighted by molar-refractivity contribution is -0.131. The fourth-order valence-corrected chi connectivity index (χ4v) is 3.24. The lowest BCUT2D eigenvalue weighted by Gasteiger charge is -2.09. The third kappa shape index (κ3) is 3.22. The summed E-state index contributed by atoms with van der Waals surface area (Å²) in [6.45, 7) is 1.28. The Balaban J connectivity index is 2.42. The van der Waals surface area contributed by atoms with E-state index in [0.29, 0.717) is 5.75 Å². The van der Waals surface area contributed by atoms with Crippen LogP contribution in [0.3, 0.4) is 0 Å². The van der Waals surface area contributed by atoms with E-state index in [1.165, 1.54) is 44.4 Å². The van der Waals surface area contributed by atoms with E-state index in [9.17, 15) is 13.2 Å². The third-order valence-electron chi connectivity index (χ3n) is 2.75. The molecule has 0 fully saturated rings. The first-order valence-corrected chi connectivity index (χ1v) is 7.60. The van der Waals surface area contributed by atoms with Gasteiger partial charge in [-0.05, 0) is 36.4 Å². The first kappa shape index (κ1) is 15.1. The number of benzene rings is 2. The van der Waals surface area contributed by atoms with Crippen molar-refractivity contribution in [3.05, 3.63) is 48.5 Å². The van der Waals surface area contributed by atoms with Gasteiger partial charge in [-0.2, -0.15) is 0 Å². The molecule has 0 heterocycles. The molecule has 0 atom stereocenters. The van der Waals surface area contributed by atoms with E-state index in [4.69, 9.17) is 9.47 Å². The van der Waals surface area contributed by atoms with E-state index in [-0.39, 0.29) is 15.5 Å². The van der Waals surface area contributed by atoms with E-state index in [1.54, 1.807) is 18.2 Å². The summed E-state index contributed by atoms with van der Waals surface area (Å²) < 4.78 is 35.1. The summed E-state index contributed by atoms with van der Waals surface area (Å²) in [7, 11) is -2.28. The van der Waals surface area contributed by atoms with Crippen LogP contribution in [0.15, 0.2) is 58.3 Å². The zero-order valence-electron chi connectivity index (χ0n) is 11.6. The van der Waals surface area contributed by atoms with Crippen LogP contribution in [0.2, 0.25) is 0 Å². The lowest BCUT2D eigenvalue weighted by atomic mass is 10.3. The van der Waals surface area contributed by atoms with Gasteiger partial charge in [-0.1, -0.05) is 12.1 Å². The number of carbonyl (C=O) groups is 1. The van der Waals surface area contributed by atoms with Gasteiger partial charge in [-0.3, -0.25) is 4.79 Å². The molecule has 0 radical (unpaired) electrons. The predicted molar refractivity (Wildman–Crippen MR) is 76.2 cm³/mol. The molecular weight excluding hydrogens is 292 g/mol. The molecule has 0 saturated carbocycles. The number of esters is 1. The van der Waals surface area contributed by atoms with Gasteiger partial charge in [0.15, 0.2) is 0 Å². The number of hydrogen-bond acceptors (Lipinski definition) is 5. The van der Waals surface area contributed by atoms with Crippen LogP contribution in [0.5, 0.6) is 11.5 Å². The summed E-state index contributed by atoms with van der Waals surface area (Å²) in [5.41, 5.74) is 0. The average molecular weight is 306 g/mol. The zero-order chi connectivity index (χ0) is 15.5. The summed E-state index contributed by atoms with van der Waals surface area (Å²) in [4.78, 5) is 11.0. The highest BCUT2D eigenvalue weighted by molar-refractivity contribution is 7.91. The molecule has 0 aliphatic carbocycles. The topological polar surface area (TPSA) is 69.7 Å². The molecule has 0 spiro atoms. The highest BCUT2D eigenvalue weighted by Crippen LogP contribution is 2.29. The maximum atomic E-state index is 12.6. The van der Waals surface area contributed by atoms with Crippen LogP contribution >= 0.6 is 0 Å². The van der Waals surface area contributed by atoms with Gasteiger partial charge < -0.3 is 9.47 Å². The second kappa shape index (κ2) is 5.97. The summed E-state index contributed by atoms with van der Waals surface area (Å²) in [5, 5.41) is 0. The minimum atomic E-state index is -3.69. The Hall–Kier alpha value is -2.34. The molecule has 5 nitrogen and oxygen atoms in total. The zero-order valence-corrected chi connectivity index (χ0v) is 12.4. The number of methoxy groups -OCH3 is 1. The van der Waals surface area contributed by atoms with Crippen LogP contribution in [0.4, 0.5) is 0 Å². The van der Waals surface area contributed by atoms with Gasteiger partial charge in [0.05, 0.1) is 12.0 Å². The number of rotatable bonds is 4.